The van der Waals surface area contributed by atoms with Crippen molar-refractivity contribution in [1.82, 2.24) is 9.88 Å². The molecule has 0 amide bonds. The minimum absolute atomic E-state index is 0.0341. The fourth-order valence-corrected chi connectivity index (χ4v) is 6.63. The smallest absolute Gasteiger partial charge is 0.337 e. The lowest BCUT2D eigenvalue weighted by Gasteiger charge is -2.68. The Balaban J connectivity index is 1.22. The zero-order valence-corrected chi connectivity index (χ0v) is 17.6. The number of ether oxygens (including phenoxy) is 1. The molecule has 6 nitrogen and oxygen atoms in total. The van der Waals surface area contributed by atoms with Crippen molar-refractivity contribution in [3.05, 3.63) is 53.3 Å². The number of aromatic carboxylic acids is 1. The largest absolute Gasteiger partial charge is 0.508 e. The standard InChI is InChI=1S/C25H28N2O4/c28-19-4-3-17-8-22-25(15-27(22)12-16-1-2-16)13-24(14-25,21(17)9-19)5-6-31-20-7-18(23(29)30)10-26-11-20/h3-4,7,9-11,16,22,28H,1-2,5-6,8,12-15H2,(H,29,30). The Bertz CT molecular complexity index is 1040. The molecule has 2 aromatic rings. The first-order chi connectivity index (χ1) is 15.0. The summed E-state index contributed by atoms with van der Waals surface area (Å²) in [6.45, 7) is 2.97. The van der Waals surface area contributed by atoms with E-state index in [4.69, 9.17) is 9.84 Å². The summed E-state index contributed by atoms with van der Waals surface area (Å²) in [4.78, 5) is 17.9. The Morgan fingerprint density at radius 2 is 2.06 bits per heavy atom. The predicted molar refractivity (Wildman–Crippen MR) is 115 cm³/mol. The normalized spacial score (nSPS) is 30.9. The fourth-order valence-electron chi connectivity index (χ4n) is 6.63. The van der Waals surface area contributed by atoms with E-state index in [2.05, 4.69) is 16.0 Å². The van der Waals surface area contributed by atoms with E-state index in [0.717, 1.165) is 31.6 Å². The summed E-state index contributed by atoms with van der Waals surface area (Å²) in [6.07, 6.45) is 9.92. The average molecular weight is 421 g/mol. The summed E-state index contributed by atoms with van der Waals surface area (Å²) < 4.78 is 5.94. The minimum Gasteiger partial charge on any atom is -0.508 e. The molecule has 3 fully saturated rings. The molecule has 6 heteroatoms. The van der Waals surface area contributed by atoms with Gasteiger partial charge in [-0.2, -0.15) is 0 Å². The monoisotopic (exact) mass is 420 g/mol. The number of hydrogen-bond acceptors (Lipinski definition) is 5. The van der Waals surface area contributed by atoms with Gasteiger partial charge in [0.05, 0.1) is 18.4 Å². The molecule has 2 saturated carbocycles. The van der Waals surface area contributed by atoms with Crippen LogP contribution >= 0.6 is 0 Å². The molecule has 1 aliphatic heterocycles. The van der Waals surface area contributed by atoms with E-state index < -0.39 is 5.97 Å². The summed E-state index contributed by atoms with van der Waals surface area (Å²) in [5.74, 6) is 0.736. The summed E-state index contributed by atoms with van der Waals surface area (Å²) in [5, 5.41) is 19.4. The summed E-state index contributed by atoms with van der Waals surface area (Å²) in [5.41, 5.74) is 3.24. The highest BCUT2D eigenvalue weighted by molar-refractivity contribution is 5.87. The second-order valence-electron chi connectivity index (χ2n) is 10.2. The van der Waals surface area contributed by atoms with Gasteiger partial charge < -0.3 is 14.9 Å². The van der Waals surface area contributed by atoms with E-state index in [1.54, 1.807) is 6.20 Å². The van der Waals surface area contributed by atoms with E-state index in [0.29, 0.717) is 29.6 Å². The molecule has 2 heterocycles. The fraction of sp³-hybridized carbons (Fsp3) is 0.520. The number of carbonyl (C=O) groups is 1. The van der Waals surface area contributed by atoms with Gasteiger partial charge in [-0.3, -0.25) is 9.88 Å². The third kappa shape index (κ3) is 3.11. The topological polar surface area (TPSA) is 82.9 Å². The van der Waals surface area contributed by atoms with Crippen molar-refractivity contribution in [2.75, 3.05) is 19.7 Å². The number of phenolic OH excluding ortho intramolecular Hbond substituents is 1. The number of carboxylic acids is 1. The third-order valence-corrected chi connectivity index (χ3v) is 8.12. The number of benzene rings is 1. The number of likely N-dealkylation sites (tertiary alicyclic amines) is 1. The van der Waals surface area contributed by atoms with Gasteiger partial charge in [0.25, 0.3) is 0 Å². The van der Waals surface area contributed by atoms with Crippen LogP contribution in [0.4, 0.5) is 0 Å². The van der Waals surface area contributed by atoms with Crippen LogP contribution in [0.5, 0.6) is 11.5 Å². The Labute approximate surface area is 181 Å². The Kier molecular flexibility index (Phi) is 4.13. The van der Waals surface area contributed by atoms with E-state index in [1.165, 1.54) is 49.3 Å². The van der Waals surface area contributed by atoms with Crippen molar-refractivity contribution in [2.24, 2.45) is 11.3 Å². The van der Waals surface area contributed by atoms with Crippen molar-refractivity contribution in [3.63, 3.8) is 0 Å². The van der Waals surface area contributed by atoms with Crippen LogP contribution in [0.15, 0.2) is 36.7 Å². The van der Waals surface area contributed by atoms with Crippen LogP contribution < -0.4 is 4.74 Å². The molecule has 1 unspecified atom stereocenters. The van der Waals surface area contributed by atoms with Crippen molar-refractivity contribution in [2.45, 2.75) is 50.0 Å². The zero-order chi connectivity index (χ0) is 21.2. The van der Waals surface area contributed by atoms with Gasteiger partial charge in [0.15, 0.2) is 0 Å². The molecule has 4 aliphatic carbocycles. The molecule has 1 atom stereocenters. The van der Waals surface area contributed by atoms with Gasteiger partial charge in [-0.05, 0) is 73.8 Å². The summed E-state index contributed by atoms with van der Waals surface area (Å²) in [7, 11) is 0. The second-order valence-corrected chi connectivity index (χ2v) is 10.2. The van der Waals surface area contributed by atoms with Crippen LogP contribution in [0.25, 0.3) is 0 Å². The molecule has 162 valence electrons. The van der Waals surface area contributed by atoms with Gasteiger partial charge in [-0.1, -0.05) is 6.07 Å². The molecule has 2 N–H and O–H groups in total. The number of nitrogens with zero attached hydrogens (tertiary/aromatic N) is 2. The molecule has 1 spiro atoms. The highest BCUT2D eigenvalue weighted by Gasteiger charge is 2.67. The molecule has 1 aromatic carbocycles. The zero-order valence-electron chi connectivity index (χ0n) is 17.6. The van der Waals surface area contributed by atoms with Gasteiger partial charge in [0.2, 0.25) is 0 Å². The van der Waals surface area contributed by atoms with E-state index >= 15 is 0 Å². The number of carboxylic acid groups (broad SMARTS) is 1. The quantitative estimate of drug-likeness (QED) is 0.712. The maximum absolute atomic E-state index is 11.2. The van der Waals surface area contributed by atoms with Crippen molar-refractivity contribution in [3.8, 4) is 11.5 Å². The maximum Gasteiger partial charge on any atom is 0.337 e. The lowest BCUT2D eigenvalue weighted by Crippen LogP contribution is -2.72. The highest BCUT2D eigenvalue weighted by Crippen LogP contribution is 2.67. The molecule has 1 saturated heterocycles. The summed E-state index contributed by atoms with van der Waals surface area (Å²) >= 11 is 0. The lowest BCUT2D eigenvalue weighted by molar-refractivity contribution is -0.162. The number of phenols is 1. The summed E-state index contributed by atoms with van der Waals surface area (Å²) in [6, 6.07) is 8.08. The molecule has 5 aliphatic rings. The molecule has 1 aromatic heterocycles. The molecule has 7 rings (SSSR count). The van der Waals surface area contributed by atoms with Crippen molar-refractivity contribution < 1.29 is 19.7 Å². The van der Waals surface area contributed by atoms with E-state index in [-0.39, 0.29) is 11.0 Å². The number of aromatic nitrogens is 1. The van der Waals surface area contributed by atoms with Gasteiger partial charge in [0, 0.05) is 36.2 Å². The van der Waals surface area contributed by atoms with Crippen LogP contribution in [-0.2, 0) is 11.8 Å². The molecule has 31 heavy (non-hydrogen) atoms. The first kappa shape index (κ1) is 19.1. The van der Waals surface area contributed by atoms with Gasteiger partial charge >= 0.3 is 5.97 Å². The van der Waals surface area contributed by atoms with E-state index in [1.807, 2.05) is 12.1 Å². The first-order valence-electron chi connectivity index (χ1n) is 11.3. The maximum atomic E-state index is 11.2. The van der Waals surface area contributed by atoms with Gasteiger partial charge in [-0.25, -0.2) is 4.79 Å². The number of hydrogen-bond donors (Lipinski definition) is 2. The third-order valence-electron chi connectivity index (χ3n) is 8.12. The van der Waals surface area contributed by atoms with Gasteiger partial charge in [0.1, 0.15) is 11.5 Å². The predicted octanol–water partition coefficient (Wildman–Crippen LogP) is 3.62. The highest BCUT2D eigenvalue weighted by atomic mass is 16.5. The Hall–Kier alpha value is -2.60. The SMILES string of the molecule is O=C(O)c1cncc(OCCC23CC4(CN(CC5CC5)C4Cc4ccc(O)cc42)C3)c1. The Morgan fingerprint density at radius 1 is 1.23 bits per heavy atom. The van der Waals surface area contributed by atoms with Crippen LogP contribution in [-0.4, -0.2) is 51.8 Å². The van der Waals surface area contributed by atoms with Crippen molar-refractivity contribution >= 4 is 5.97 Å². The molecular weight excluding hydrogens is 392 g/mol. The van der Waals surface area contributed by atoms with Crippen LogP contribution in [0.1, 0.15) is 53.6 Å². The van der Waals surface area contributed by atoms with Crippen LogP contribution in [0.3, 0.4) is 0 Å². The Morgan fingerprint density at radius 3 is 2.84 bits per heavy atom. The van der Waals surface area contributed by atoms with Crippen LogP contribution in [0.2, 0.25) is 0 Å². The average Bonchev–Trinajstić information content (AvgIpc) is 3.54. The van der Waals surface area contributed by atoms with Gasteiger partial charge in [-0.15, -0.1) is 0 Å². The number of rotatable bonds is 7. The van der Waals surface area contributed by atoms with Crippen molar-refractivity contribution in [1.29, 1.82) is 0 Å². The first-order valence-corrected chi connectivity index (χ1v) is 11.3. The molecule has 2 bridgehead atoms. The minimum atomic E-state index is -1.00. The second kappa shape index (κ2) is 6.70. The number of aromatic hydroxyl groups is 1. The van der Waals surface area contributed by atoms with E-state index in [9.17, 15) is 9.90 Å². The van der Waals surface area contributed by atoms with Crippen LogP contribution in [0, 0.1) is 11.3 Å². The molecular formula is C25H28N2O4. The number of pyridine rings is 1. The lowest BCUT2D eigenvalue weighted by atomic mass is 9.45. The molecule has 0 radical (unpaired) electrons.